The van der Waals surface area contributed by atoms with Crippen molar-refractivity contribution < 1.29 is 0 Å². The molecule has 0 bridgehead atoms. The maximum atomic E-state index is 4.76. The van der Waals surface area contributed by atoms with Crippen LogP contribution in [0.1, 0.15) is 18.2 Å². The van der Waals surface area contributed by atoms with Gasteiger partial charge in [0.05, 0.1) is 11.2 Å². The molecule has 1 aromatic heterocycles. The Morgan fingerprint density at radius 1 is 0.952 bits per heavy atom. The average Bonchev–Trinajstić information content (AvgIpc) is 2.55. The van der Waals surface area contributed by atoms with Crippen LogP contribution in [0.2, 0.25) is 0 Å². The fourth-order valence-electron chi connectivity index (χ4n) is 2.49. The number of para-hydroxylation sites is 1. The molecule has 0 N–H and O–H groups in total. The van der Waals surface area contributed by atoms with Gasteiger partial charge in [-0.1, -0.05) is 55.5 Å². The van der Waals surface area contributed by atoms with Gasteiger partial charge in [0.2, 0.25) is 0 Å². The Kier molecular flexibility index (Phi) is 4.27. The fraction of sp³-hybridized carbons (Fsp3) is 0.211. The van der Waals surface area contributed by atoms with Crippen molar-refractivity contribution in [1.82, 2.24) is 9.88 Å². The molecule has 3 aromatic rings. The van der Waals surface area contributed by atoms with E-state index in [1.54, 1.807) is 0 Å². The normalized spacial score (nSPS) is 11.1. The smallest absolute Gasteiger partial charge is 0.0705 e. The second-order valence-electron chi connectivity index (χ2n) is 5.21. The Balaban J connectivity index is 1.76. The number of pyridine rings is 1. The molecule has 105 valence electrons. The summed E-state index contributed by atoms with van der Waals surface area (Å²) in [7, 11) is 0. The van der Waals surface area contributed by atoms with E-state index in [9.17, 15) is 0 Å². The third-order valence-electron chi connectivity index (χ3n) is 3.68. The molecule has 3 rings (SSSR count). The van der Waals surface area contributed by atoms with E-state index in [2.05, 4.69) is 60.4 Å². The Bertz CT molecular complexity index is 707. The molecule has 0 amide bonds. The number of hydrogen-bond acceptors (Lipinski definition) is 2. The predicted molar refractivity (Wildman–Crippen MR) is 86.8 cm³/mol. The third-order valence-corrected chi connectivity index (χ3v) is 3.68. The molecule has 2 aromatic carbocycles. The van der Waals surface area contributed by atoms with Crippen molar-refractivity contribution in [2.75, 3.05) is 6.54 Å². The minimum absolute atomic E-state index is 0.875. The van der Waals surface area contributed by atoms with Gasteiger partial charge in [0.1, 0.15) is 0 Å². The van der Waals surface area contributed by atoms with Crippen molar-refractivity contribution in [1.29, 1.82) is 0 Å². The summed E-state index contributed by atoms with van der Waals surface area (Å²) in [6.45, 7) is 5.02. The molecule has 1 heterocycles. The molecular formula is C19H19N2. The third kappa shape index (κ3) is 3.47. The largest absolute Gasteiger partial charge is 0.294 e. The van der Waals surface area contributed by atoms with Crippen LogP contribution in [0.15, 0.2) is 60.7 Å². The monoisotopic (exact) mass is 275 g/mol. The van der Waals surface area contributed by atoms with E-state index >= 15 is 0 Å². The van der Waals surface area contributed by atoms with Gasteiger partial charge < -0.3 is 0 Å². The first kappa shape index (κ1) is 13.8. The molecule has 0 atom stereocenters. The highest BCUT2D eigenvalue weighted by Crippen LogP contribution is 2.14. The highest BCUT2D eigenvalue weighted by Gasteiger charge is 2.06. The summed E-state index contributed by atoms with van der Waals surface area (Å²) in [5.41, 5.74) is 3.51. The van der Waals surface area contributed by atoms with Crippen LogP contribution in [0.25, 0.3) is 10.9 Å². The summed E-state index contributed by atoms with van der Waals surface area (Å²) in [4.78, 5) is 7.15. The molecular weight excluding hydrogens is 256 g/mol. The molecule has 21 heavy (non-hydrogen) atoms. The maximum Gasteiger partial charge on any atom is 0.0705 e. The van der Waals surface area contributed by atoms with Gasteiger partial charge in [0, 0.05) is 18.5 Å². The Labute approximate surface area is 126 Å². The van der Waals surface area contributed by atoms with E-state index in [0.29, 0.717) is 0 Å². The van der Waals surface area contributed by atoms with Gasteiger partial charge in [-0.25, -0.2) is 0 Å². The first-order valence-electron chi connectivity index (χ1n) is 7.37. The number of aromatic nitrogens is 1. The van der Waals surface area contributed by atoms with Gasteiger partial charge in [-0.3, -0.25) is 9.88 Å². The average molecular weight is 275 g/mol. The molecule has 0 spiro atoms. The number of hydrogen-bond donors (Lipinski definition) is 0. The minimum atomic E-state index is 0.875. The van der Waals surface area contributed by atoms with Crippen molar-refractivity contribution in [2.24, 2.45) is 0 Å². The summed E-state index contributed by atoms with van der Waals surface area (Å²) in [6.07, 6.45) is 0. The van der Waals surface area contributed by atoms with Crippen LogP contribution in [-0.4, -0.2) is 16.4 Å². The molecule has 0 saturated heterocycles. The zero-order chi connectivity index (χ0) is 14.5. The van der Waals surface area contributed by atoms with Crippen LogP contribution in [0, 0.1) is 6.07 Å². The summed E-state index contributed by atoms with van der Waals surface area (Å²) >= 11 is 0. The zero-order valence-electron chi connectivity index (χ0n) is 12.3. The van der Waals surface area contributed by atoms with E-state index in [0.717, 1.165) is 30.8 Å². The van der Waals surface area contributed by atoms with Crippen molar-refractivity contribution in [3.63, 3.8) is 0 Å². The van der Waals surface area contributed by atoms with Gasteiger partial charge in [0.25, 0.3) is 0 Å². The van der Waals surface area contributed by atoms with Crippen LogP contribution in [-0.2, 0) is 13.1 Å². The predicted octanol–water partition coefficient (Wildman–Crippen LogP) is 4.06. The van der Waals surface area contributed by atoms with Crippen LogP contribution in [0.4, 0.5) is 0 Å². The van der Waals surface area contributed by atoms with Gasteiger partial charge in [-0.05, 0) is 30.3 Å². The highest BCUT2D eigenvalue weighted by atomic mass is 15.1. The van der Waals surface area contributed by atoms with Crippen LogP contribution >= 0.6 is 0 Å². The molecule has 0 aliphatic rings. The van der Waals surface area contributed by atoms with Gasteiger partial charge >= 0.3 is 0 Å². The second-order valence-corrected chi connectivity index (χ2v) is 5.21. The molecule has 1 radical (unpaired) electrons. The lowest BCUT2D eigenvalue weighted by molar-refractivity contribution is 0.268. The SMILES string of the molecule is CCN(Cc1cc[c]cc1)Cc1ccc2ccccc2n1. The number of fused-ring (bicyclic) bond motifs is 1. The van der Waals surface area contributed by atoms with E-state index in [1.165, 1.54) is 10.9 Å². The van der Waals surface area contributed by atoms with Crippen LogP contribution in [0.3, 0.4) is 0 Å². The molecule has 0 saturated carbocycles. The first-order valence-corrected chi connectivity index (χ1v) is 7.37. The van der Waals surface area contributed by atoms with Crippen LogP contribution in [0.5, 0.6) is 0 Å². The Morgan fingerprint density at radius 2 is 1.76 bits per heavy atom. The zero-order valence-corrected chi connectivity index (χ0v) is 12.3. The van der Waals surface area contributed by atoms with E-state index in [1.807, 2.05) is 18.2 Å². The van der Waals surface area contributed by atoms with Gasteiger partial charge in [-0.15, -0.1) is 0 Å². The molecule has 0 fully saturated rings. The molecule has 0 aliphatic carbocycles. The van der Waals surface area contributed by atoms with Crippen molar-refractivity contribution in [3.05, 3.63) is 78.0 Å². The van der Waals surface area contributed by atoms with Crippen molar-refractivity contribution in [2.45, 2.75) is 20.0 Å². The standard InChI is InChI=1S/C19H19N2/c1-2-21(14-16-8-4-3-5-9-16)15-18-13-12-17-10-6-7-11-19(17)20-18/h4-13H,2,14-15H2,1H3. The summed E-state index contributed by atoms with van der Waals surface area (Å²) in [5, 5.41) is 1.20. The van der Waals surface area contributed by atoms with Crippen LogP contribution < -0.4 is 0 Å². The number of nitrogens with zero attached hydrogens (tertiary/aromatic N) is 2. The fourth-order valence-corrected chi connectivity index (χ4v) is 2.49. The lowest BCUT2D eigenvalue weighted by atomic mass is 10.2. The van der Waals surface area contributed by atoms with Gasteiger partial charge in [0.15, 0.2) is 0 Å². The molecule has 2 heteroatoms. The lowest BCUT2D eigenvalue weighted by Gasteiger charge is -2.20. The Morgan fingerprint density at radius 3 is 2.57 bits per heavy atom. The summed E-state index contributed by atoms with van der Waals surface area (Å²) in [5.74, 6) is 0. The van der Waals surface area contributed by atoms with Crippen molar-refractivity contribution >= 4 is 10.9 Å². The first-order chi connectivity index (χ1) is 10.3. The molecule has 0 aliphatic heterocycles. The summed E-state index contributed by atoms with van der Waals surface area (Å²) < 4.78 is 0. The van der Waals surface area contributed by atoms with E-state index < -0.39 is 0 Å². The molecule has 2 nitrogen and oxygen atoms in total. The maximum absolute atomic E-state index is 4.76. The topological polar surface area (TPSA) is 16.1 Å². The van der Waals surface area contributed by atoms with Crippen molar-refractivity contribution in [3.8, 4) is 0 Å². The number of benzene rings is 2. The summed E-state index contributed by atoms with van der Waals surface area (Å²) in [6, 6.07) is 23.8. The highest BCUT2D eigenvalue weighted by molar-refractivity contribution is 5.78. The van der Waals surface area contributed by atoms with E-state index in [4.69, 9.17) is 4.98 Å². The van der Waals surface area contributed by atoms with Gasteiger partial charge in [-0.2, -0.15) is 0 Å². The number of rotatable bonds is 5. The Hall–Kier alpha value is -2.19. The molecule has 0 unspecified atom stereocenters. The minimum Gasteiger partial charge on any atom is -0.294 e. The van der Waals surface area contributed by atoms with E-state index in [-0.39, 0.29) is 0 Å². The quantitative estimate of drug-likeness (QED) is 0.698. The lowest BCUT2D eigenvalue weighted by Crippen LogP contribution is -2.22. The second kappa shape index (κ2) is 6.51.